The predicted octanol–water partition coefficient (Wildman–Crippen LogP) is 7.61. The van der Waals surface area contributed by atoms with Gasteiger partial charge in [-0.1, -0.05) is 47.5 Å². The molecule has 47 heavy (non-hydrogen) atoms. The van der Waals surface area contributed by atoms with Gasteiger partial charge in [0, 0.05) is 70.0 Å². The van der Waals surface area contributed by atoms with E-state index in [2.05, 4.69) is 39.5 Å². The lowest BCUT2D eigenvalue weighted by molar-refractivity contribution is 0.0619. The van der Waals surface area contributed by atoms with Gasteiger partial charge in [0.15, 0.2) is 0 Å². The monoisotopic (exact) mass is 737 g/mol. The van der Waals surface area contributed by atoms with Crippen molar-refractivity contribution in [2.45, 2.75) is 13.2 Å². The molecule has 9 nitrogen and oxygen atoms in total. The third kappa shape index (κ3) is 8.14. The van der Waals surface area contributed by atoms with Gasteiger partial charge in [-0.05, 0) is 53.6 Å². The number of hydrogen-bond acceptors (Lipinski definition) is 6. The van der Waals surface area contributed by atoms with Gasteiger partial charge in [0.25, 0.3) is 11.8 Å². The molecule has 2 aromatic heterocycles. The van der Waals surface area contributed by atoms with Crippen LogP contribution in [0.3, 0.4) is 0 Å². The Hall–Kier alpha value is -3.93. The van der Waals surface area contributed by atoms with Gasteiger partial charge < -0.3 is 24.3 Å². The van der Waals surface area contributed by atoms with Gasteiger partial charge in [0.05, 0.1) is 34.1 Å². The van der Waals surface area contributed by atoms with Gasteiger partial charge >= 0.3 is 0 Å². The highest BCUT2D eigenvalue weighted by Gasteiger charge is 2.25. The van der Waals surface area contributed by atoms with Crippen LogP contribution in [0.4, 0.5) is 5.69 Å². The number of benzene rings is 3. The molecule has 0 bridgehead atoms. The van der Waals surface area contributed by atoms with Crippen molar-refractivity contribution in [1.29, 1.82) is 0 Å². The number of halogens is 3. The highest BCUT2D eigenvalue weighted by atomic mass is 79.9. The highest BCUT2D eigenvalue weighted by Crippen LogP contribution is 2.28. The van der Waals surface area contributed by atoms with Crippen LogP contribution in [0.1, 0.15) is 32.0 Å². The number of amides is 2. The van der Waals surface area contributed by atoms with Crippen molar-refractivity contribution in [2.24, 2.45) is 7.05 Å². The molecule has 0 aliphatic carbocycles. The van der Waals surface area contributed by atoms with E-state index < -0.39 is 0 Å². The Morgan fingerprint density at radius 2 is 1.62 bits per heavy atom. The summed E-state index contributed by atoms with van der Waals surface area (Å²) in [5.74, 6) is 0.627. The fourth-order valence-corrected chi connectivity index (χ4v) is 5.79. The molecule has 0 spiro atoms. The van der Waals surface area contributed by atoms with E-state index in [0.717, 1.165) is 36.1 Å². The number of anilines is 1. The number of nitrogens with one attached hydrogen (secondary N) is 1. The van der Waals surface area contributed by atoms with Crippen molar-refractivity contribution in [1.82, 2.24) is 19.4 Å². The summed E-state index contributed by atoms with van der Waals surface area (Å²) in [6, 6.07) is 24.1. The minimum absolute atomic E-state index is 0. The van der Waals surface area contributed by atoms with E-state index in [1.165, 1.54) is 17.8 Å². The van der Waals surface area contributed by atoms with E-state index in [4.69, 9.17) is 32.7 Å². The number of piperazine rings is 1. The first kappa shape index (κ1) is 34.4. The molecule has 244 valence electrons. The Kier molecular flexibility index (Phi) is 11.2. The number of aromatic nitrogens is 2. The fourth-order valence-electron chi connectivity index (χ4n) is 5.49. The number of fused-ring (bicyclic) bond motifs is 1. The number of carbonyl (C=O) groups is 2. The molecule has 2 amide bonds. The van der Waals surface area contributed by atoms with E-state index in [9.17, 15) is 9.59 Å². The zero-order chi connectivity index (χ0) is 32.2. The quantitative estimate of drug-likeness (QED) is 0.168. The SMILES string of the molecule is Br.COCc1ccc(CN2CCN(C(=O)c3cc4ccc(Oc5ccc(NC(=O)c6ccc(Cl)c(Cl)c6)cn5)cc4n3C)CC2)cc1. The smallest absolute Gasteiger partial charge is 0.270 e. The minimum Gasteiger partial charge on any atom is -0.439 e. The van der Waals surface area contributed by atoms with Gasteiger partial charge in [-0.3, -0.25) is 14.5 Å². The Balaban J connectivity index is 0.00000433. The van der Waals surface area contributed by atoms with Crippen LogP contribution >= 0.6 is 40.2 Å². The molecule has 3 heterocycles. The summed E-state index contributed by atoms with van der Waals surface area (Å²) < 4.78 is 13.1. The first-order valence-corrected chi connectivity index (χ1v) is 15.6. The van der Waals surface area contributed by atoms with Crippen molar-refractivity contribution in [2.75, 3.05) is 38.6 Å². The number of nitrogens with zero attached hydrogens (tertiary/aromatic N) is 4. The van der Waals surface area contributed by atoms with Crippen LogP contribution < -0.4 is 10.1 Å². The molecule has 0 atom stereocenters. The fraction of sp³-hybridized carbons (Fsp3) is 0.229. The molecule has 5 aromatic rings. The normalized spacial score (nSPS) is 13.3. The van der Waals surface area contributed by atoms with Gasteiger partial charge in [0.1, 0.15) is 11.4 Å². The number of pyridine rings is 1. The number of hydrogen-bond donors (Lipinski definition) is 1. The number of ether oxygens (including phenoxy) is 2. The maximum absolute atomic E-state index is 13.6. The lowest BCUT2D eigenvalue weighted by Gasteiger charge is -2.34. The van der Waals surface area contributed by atoms with Crippen LogP contribution in [0.2, 0.25) is 10.0 Å². The summed E-state index contributed by atoms with van der Waals surface area (Å²) in [5, 5.41) is 4.41. The maximum Gasteiger partial charge on any atom is 0.270 e. The molecule has 0 saturated carbocycles. The van der Waals surface area contributed by atoms with E-state index >= 15 is 0 Å². The maximum atomic E-state index is 13.6. The summed E-state index contributed by atoms with van der Waals surface area (Å²) in [5.41, 5.74) is 4.80. The van der Waals surface area contributed by atoms with Crippen molar-refractivity contribution >= 4 is 68.6 Å². The van der Waals surface area contributed by atoms with E-state index in [-0.39, 0.29) is 28.8 Å². The molecule has 0 radical (unpaired) electrons. The zero-order valence-electron chi connectivity index (χ0n) is 25.9. The molecule has 1 saturated heterocycles. The van der Waals surface area contributed by atoms with Gasteiger partial charge in [-0.2, -0.15) is 0 Å². The summed E-state index contributed by atoms with van der Waals surface area (Å²) in [6.07, 6.45) is 1.51. The lowest BCUT2D eigenvalue weighted by Crippen LogP contribution is -2.48. The first-order chi connectivity index (χ1) is 22.3. The molecular formula is C35H34BrCl2N5O4. The topological polar surface area (TPSA) is 88.9 Å². The van der Waals surface area contributed by atoms with Crippen molar-refractivity contribution in [3.05, 3.63) is 117 Å². The minimum atomic E-state index is -0.334. The summed E-state index contributed by atoms with van der Waals surface area (Å²) in [4.78, 5) is 34.8. The molecule has 1 N–H and O–H groups in total. The van der Waals surface area contributed by atoms with E-state index in [1.807, 2.05) is 40.8 Å². The zero-order valence-corrected chi connectivity index (χ0v) is 29.1. The van der Waals surface area contributed by atoms with Crippen LogP contribution in [-0.4, -0.2) is 64.5 Å². The van der Waals surface area contributed by atoms with Crippen molar-refractivity contribution in [3.63, 3.8) is 0 Å². The number of aryl methyl sites for hydroxylation is 1. The molecule has 1 aliphatic heterocycles. The summed E-state index contributed by atoms with van der Waals surface area (Å²) in [6.45, 7) is 4.45. The summed E-state index contributed by atoms with van der Waals surface area (Å²) >= 11 is 12.0. The second-order valence-electron chi connectivity index (χ2n) is 11.2. The van der Waals surface area contributed by atoms with Crippen LogP contribution in [0.15, 0.2) is 85.1 Å². The van der Waals surface area contributed by atoms with Crippen molar-refractivity contribution in [3.8, 4) is 11.6 Å². The van der Waals surface area contributed by atoms with Crippen molar-refractivity contribution < 1.29 is 19.1 Å². The van der Waals surface area contributed by atoms with Gasteiger partial charge in [0.2, 0.25) is 5.88 Å². The molecule has 12 heteroatoms. The average molecular weight is 739 g/mol. The van der Waals surface area contributed by atoms with Crippen LogP contribution in [-0.2, 0) is 24.9 Å². The molecular weight excluding hydrogens is 705 g/mol. The van der Waals surface area contributed by atoms with Gasteiger partial charge in [-0.15, -0.1) is 17.0 Å². The van der Waals surface area contributed by atoms with Crippen LogP contribution in [0.25, 0.3) is 10.9 Å². The number of carbonyl (C=O) groups excluding carboxylic acids is 2. The number of methoxy groups -OCH3 is 1. The van der Waals surface area contributed by atoms with Crippen LogP contribution in [0, 0.1) is 0 Å². The van der Waals surface area contributed by atoms with Crippen LogP contribution in [0.5, 0.6) is 11.6 Å². The Bertz CT molecular complexity index is 1870. The molecule has 1 fully saturated rings. The Labute approximate surface area is 293 Å². The third-order valence-electron chi connectivity index (χ3n) is 8.03. The second kappa shape index (κ2) is 15.3. The lowest BCUT2D eigenvalue weighted by atomic mass is 10.1. The molecule has 3 aromatic carbocycles. The largest absolute Gasteiger partial charge is 0.439 e. The Morgan fingerprint density at radius 1 is 0.872 bits per heavy atom. The molecule has 0 unspecified atom stereocenters. The number of rotatable bonds is 9. The third-order valence-corrected chi connectivity index (χ3v) is 8.77. The Morgan fingerprint density at radius 3 is 2.30 bits per heavy atom. The molecule has 6 rings (SSSR count). The van der Waals surface area contributed by atoms with E-state index in [1.54, 1.807) is 31.4 Å². The predicted molar refractivity (Wildman–Crippen MR) is 190 cm³/mol. The second-order valence-corrected chi connectivity index (χ2v) is 12.0. The van der Waals surface area contributed by atoms with E-state index in [0.29, 0.717) is 58.3 Å². The highest BCUT2D eigenvalue weighted by molar-refractivity contribution is 8.93. The molecule has 1 aliphatic rings. The first-order valence-electron chi connectivity index (χ1n) is 14.9. The standard InChI is InChI=1S/C35H33Cl2N5O4.BrH/c1-40-31-19-28(46-33-12-9-27(20-38-33)39-34(43)26-8-11-29(36)30(37)17-26)10-7-25(31)18-32(40)35(44)42-15-13-41(14-16-42)21-23-3-5-24(6-4-23)22-45-2;/h3-12,17-20H,13-16,21-22H2,1-2H3,(H,39,43);1H. The van der Waals surface area contributed by atoms with Gasteiger partial charge in [-0.25, -0.2) is 4.98 Å². The average Bonchev–Trinajstić information content (AvgIpc) is 3.39. The summed E-state index contributed by atoms with van der Waals surface area (Å²) in [7, 11) is 3.60.